The number of anilines is 3. The number of carbonyl (C=O) groups excluding carboxylic acids is 1. The first-order chi connectivity index (χ1) is 15.2. The van der Waals surface area contributed by atoms with E-state index in [1.165, 1.54) is 18.2 Å². The van der Waals surface area contributed by atoms with E-state index in [-0.39, 0.29) is 35.3 Å². The molecular weight excluding hydrogens is 427 g/mol. The van der Waals surface area contributed by atoms with Gasteiger partial charge in [-0.1, -0.05) is 0 Å². The molecule has 9 nitrogen and oxygen atoms in total. The number of aromatic nitrogens is 2. The molecule has 1 aromatic heterocycles. The van der Waals surface area contributed by atoms with Gasteiger partial charge in [-0.3, -0.25) is 4.79 Å². The van der Waals surface area contributed by atoms with Crippen molar-refractivity contribution in [2.45, 2.75) is 12.2 Å². The van der Waals surface area contributed by atoms with E-state index in [0.717, 1.165) is 6.07 Å². The average Bonchev–Trinajstić information content (AvgIpc) is 2.77. The van der Waals surface area contributed by atoms with Gasteiger partial charge in [0.05, 0.1) is 24.8 Å². The number of nitrogen functional groups attached to an aromatic ring is 2. The summed E-state index contributed by atoms with van der Waals surface area (Å²) in [5, 5.41) is 3.13. The van der Waals surface area contributed by atoms with Crippen LogP contribution in [0, 0.1) is 0 Å². The number of nitrogens with one attached hydrogen (secondary N) is 1. The fraction of sp³-hybridized carbons (Fsp3) is 0.450. The van der Waals surface area contributed by atoms with E-state index in [1.807, 2.05) is 0 Å². The van der Waals surface area contributed by atoms with Crippen LogP contribution in [0.25, 0.3) is 0 Å². The van der Waals surface area contributed by atoms with E-state index in [1.54, 1.807) is 9.80 Å². The molecular formula is C20H24F3N7O2. The maximum atomic E-state index is 13.8. The number of amides is 1. The van der Waals surface area contributed by atoms with E-state index in [9.17, 15) is 18.0 Å². The standard InChI is InChI=1S/C20H24F3N7O2/c21-20(22,23)14-2-1-12(18(31)29-5-7-32-8-6-29)9-13(14)15-11-30(4-3-26-15)17-10-16(24)27-19(25)28-17/h1-2,9-10,15,26H,3-8,11H2,(H4,24,25,27,28). The van der Waals surface area contributed by atoms with Gasteiger partial charge in [-0.25, -0.2) is 0 Å². The van der Waals surface area contributed by atoms with Crippen LogP contribution in [0.15, 0.2) is 24.3 Å². The van der Waals surface area contributed by atoms with Crippen LogP contribution >= 0.6 is 0 Å². The number of alkyl halides is 3. The van der Waals surface area contributed by atoms with Crippen molar-refractivity contribution >= 4 is 23.5 Å². The third kappa shape index (κ3) is 4.70. The maximum Gasteiger partial charge on any atom is 0.416 e. The summed E-state index contributed by atoms with van der Waals surface area (Å²) in [5.74, 6) is 0.295. The number of nitrogens with zero attached hydrogens (tertiary/aromatic N) is 4. The molecule has 12 heteroatoms. The van der Waals surface area contributed by atoms with Crippen LogP contribution in [0.5, 0.6) is 0 Å². The first kappa shape index (κ1) is 22.1. The zero-order chi connectivity index (χ0) is 22.9. The van der Waals surface area contributed by atoms with Gasteiger partial charge in [0.25, 0.3) is 5.91 Å². The number of nitrogens with two attached hydrogens (primary N) is 2. The van der Waals surface area contributed by atoms with Gasteiger partial charge >= 0.3 is 6.18 Å². The topological polar surface area (TPSA) is 123 Å². The summed E-state index contributed by atoms with van der Waals surface area (Å²) in [6, 6.07) is 4.39. The van der Waals surface area contributed by atoms with Gasteiger partial charge in [-0.2, -0.15) is 23.1 Å². The molecule has 3 heterocycles. The highest BCUT2D eigenvalue weighted by atomic mass is 19.4. The Morgan fingerprint density at radius 2 is 1.88 bits per heavy atom. The number of halogens is 3. The molecule has 0 spiro atoms. The fourth-order valence-corrected chi connectivity index (χ4v) is 3.99. The third-order valence-electron chi connectivity index (χ3n) is 5.53. The summed E-state index contributed by atoms with van der Waals surface area (Å²) < 4.78 is 46.7. The van der Waals surface area contributed by atoms with Crippen LogP contribution in [0.2, 0.25) is 0 Å². The van der Waals surface area contributed by atoms with Crippen molar-refractivity contribution in [2.24, 2.45) is 0 Å². The maximum absolute atomic E-state index is 13.8. The van der Waals surface area contributed by atoms with Crippen LogP contribution in [-0.4, -0.2) is 66.7 Å². The summed E-state index contributed by atoms with van der Waals surface area (Å²) in [4.78, 5) is 24.2. The Kier molecular flexibility index (Phi) is 6.07. The molecule has 2 saturated heterocycles. The molecule has 0 radical (unpaired) electrons. The Balaban J connectivity index is 1.66. The van der Waals surface area contributed by atoms with Crippen LogP contribution in [0.1, 0.15) is 27.5 Å². The highest BCUT2D eigenvalue weighted by Gasteiger charge is 2.37. The highest BCUT2D eigenvalue weighted by molar-refractivity contribution is 5.94. The number of piperazine rings is 1. The van der Waals surface area contributed by atoms with Gasteiger partial charge in [-0.15, -0.1) is 0 Å². The Morgan fingerprint density at radius 3 is 2.56 bits per heavy atom. The first-order valence-corrected chi connectivity index (χ1v) is 10.2. The molecule has 0 bridgehead atoms. The average molecular weight is 451 g/mol. The lowest BCUT2D eigenvalue weighted by Crippen LogP contribution is -2.47. The van der Waals surface area contributed by atoms with Gasteiger partial charge in [0, 0.05) is 44.4 Å². The normalized spacial score (nSPS) is 19.8. The van der Waals surface area contributed by atoms with Crippen molar-refractivity contribution in [3.63, 3.8) is 0 Å². The van der Waals surface area contributed by atoms with E-state index >= 15 is 0 Å². The largest absolute Gasteiger partial charge is 0.416 e. The van der Waals surface area contributed by atoms with Crippen molar-refractivity contribution in [3.05, 3.63) is 41.0 Å². The van der Waals surface area contributed by atoms with Gasteiger partial charge in [0.15, 0.2) is 0 Å². The molecule has 1 atom stereocenters. The van der Waals surface area contributed by atoms with E-state index in [4.69, 9.17) is 16.2 Å². The van der Waals surface area contributed by atoms with Crippen LogP contribution in [-0.2, 0) is 10.9 Å². The molecule has 2 aliphatic rings. The van der Waals surface area contributed by atoms with Gasteiger partial charge in [0.1, 0.15) is 11.6 Å². The predicted molar refractivity (Wildman–Crippen MR) is 112 cm³/mol. The number of benzene rings is 1. The number of hydrogen-bond donors (Lipinski definition) is 3. The smallest absolute Gasteiger partial charge is 0.383 e. The Hall–Kier alpha value is -3.12. The van der Waals surface area contributed by atoms with Crippen molar-refractivity contribution in [2.75, 3.05) is 62.3 Å². The molecule has 0 aliphatic carbocycles. The van der Waals surface area contributed by atoms with Crippen molar-refractivity contribution in [1.82, 2.24) is 20.2 Å². The van der Waals surface area contributed by atoms with E-state index < -0.39 is 17.8 Å². The first-order valence-electron chi connectivity index (χ1n) is 10.2. The summed E-state index contributed by atoms with van der Waals surface area (Å²) in [5.41, 5.74) is 10.9. The molecule has 2 fully saturated rings. The Bertz CT molecular complexity index is 975. The minimum Gasteiger partial charge on any atom is -0.383 e. The SMILES string of the molecule is Nc1cc(N2CCNC(c3cc(C(=O)N4CCOCC4)ccc3C(F)(F)F)C2)nc(N)n1. The summed E-state index contributed by atoms with van der Waals surface area (Å²) in [6.07, 6.45) is -4.57. The van der Waals surface area contributed by atoms with Crippen LogP contribution in [0.3, 0.4) is 0 Å². The minimum atomic E-state index is -4.57. The summed E-state index contributed by atoms with van der Waals surface area (Å²) in [6.45, 7) is 2.72. The number of morpholine rings is 1. The molecule has 0 saturated carbocycles. The van der Waals surface area contributed by atoms with Crippen molar-refractivity contribution < 1.29 is 22.7 Å². The van der Waals surface area contributed by atoms with E-state index in [0.29, 0.717) is 45.2 Å². The van der Waals surface area contributed by atoms with Gasteiger partial charge in [-0.05, 0) is 23.8 Å². The molecule has 32 heavy (non-hydrogen) atoms. The fourth-order valence-electron chi connectivity index (χ4n) is 3.99. The number of ether oxygens (including phenoxy) is 1. The molecule has 2 aliphatic heterocycles. The summed E-state index contributed by atoms with van der Waals surface area (Å²) >= 11 is 0. The molecule has 2 aromatic rings. The van der Waals surface area contributed by atoms with Crippen LogP contribution < -0.4 is 21.7 Å². The zero-order valence-electron chi connectivity index (χ0n) is 17.2. The molecule has 4 rings (SSSR count). The molecule has 1 amide bonds. The lowest BCUT2D eigenvalue weighted by molar-refractivity contribution is -0.138. The zero-order valence-corrected chi connectivity index (χ0v) is 17.2. The lowest BCUT2D eigenvalue weighted by atomic mass is 9.95. The molecule has 1 aromatic carbocycles. The second-order valence-corrected chi connectivity index (χ2v) is 7.67. The highest BCUT2D eigenvalue weighted by Crippen LogP contribution is 2.36. The number of carbonyl (C=O) groups is 1. The van der Waals surface area contributed by atoms with Crippen molar-refractivity contribution in [1.29, 1.82) is 0 Å². The van der Waals surface area contributed by atoms with Crippen LogP contribution in [0.4, 0.5) is 30.8 Å². The predicted octanol–water partition coefficient (Wildman–Crippen LogP) is 1.28. The number of hydrogen-bond acceptors (Lipinski definition) is 8. The quantitative estimate of drug-likeness (QED) is 0.638. The molecule has 5 N–H and O–H groups in total. The Morgan fingerprint density at radius 1 is 1.12 bits per heavy atom. The lowest BCUT2D eigenvalue weighted by Gasteiger charge is -2.36. The monoisotopic (exact) mass is 451 g/mol. The van der Waals surface area contributed by atoms with Gasteiger partial charge < -0.3 is 31.3 Å². The van der Waals surface area contributed by atoms with Crippen molar-refractivity contribution in [3.8, 4) is 0 Å². The molecule has 172 valence electrons. The minimum absolute atomic E-state index is 0.0100. The van der Waals surface area contributed by atoms with Gasteiger partial charge in [0.2, 0.25) is 5.95 Å². The van der Waals surface area contributed by atoms with E-state index in [2.05, 4.69) is 15.3 Å². The third-order valence-corrected chi connectivity index (χ3v) is 5.53. The summed E-state index contributed by atoms with van der Waals surface area (Å²) in [7, 11) is 0. The molecule has 1 unspecified atom stereocenters. The number of rotatable bonds is 3. The Labute approximate surface area is 182 Å². The second kappa shape index (κ2) is 8.79. The second-order valence-electron chi connectivity index (χ2n) is 7.67.